The van der Waals surface area contributed by atoms with E-state index in [1.807, 2.05) is 37.3 Å². The number of rotatable bonds is 5. The van der Waals surface area contributed by atoms with E-state index in [1.165, 1.54) is 6.42 Å². The number of hydrogen-bond acceptors (Lipinski definition) is 3. The molecule has 1 fully saturated rings. The molecule has 0 aliphatic heterocycles. The highest BCUT2D eigenvalue weighted by Crippen LogP contribution is 2.24. The molecule has 4 unspecified atom stereocenters. The van der Waals surface area contributed by atoms with Gasteiger partial charge in [0.05, 0.1) is 12.2 Å². The van der Waals surface area contributed by atoms with Crippen molar-refractivity contribution in [3.05, 3.63) is 35.9 Å². The van der Waals surface area contributed by atoms with E-state index in [4.69, 9.17) is 0 Å². The van der Waals surface area contributed by atoms with E-state index in [-0.39, 0.29) is 12.1 Å². The summed E-state index contributed by atoms with van der Waals surface area (Å²) in [6, 6.07) is 9.71. The van der Waals surface area contributed by atoms with Crippen LogP contribution in [0.25, 0.3) is 0 Å². The lowest BCUT2D eigenvalue weighted by atomic mass is 9.86. The molecule has 0 saturated heterocycles. The maximum absolute atomic E-state index is 10.3. The van der Waals surface area contributed by atoms with Crippen molar-refractivity contribution in [1.29, 1.82) is 0 Å². The molecule has 1 aromatic carbocycles. The van der Waals surface area contributed by atoms with Gasteiger partial charge in [0.1, 0.15) is 0 Å². The molecule has 2 rings (SSSR count). The van der Waals surface area contributed by atoms with Gasteiger partial charge >= 0.3 is 0 Å². The molecule has 1 saturated carbocycles. The second-order valence-electron chi connectivity index (χ2n) is 5.66. The summed E-state index contributed by atoms with van der Waals surface area (Å²) in [7, 11) is 0. The molecule has 1 aliphatic carbocycles. The number of aliphatic hydroxyl groups is 2. The summed E-state index contributed by atoms with van der Waals surface area (Å²) < 4.78 is 0. The van der Waals surface area contributed by atoms with Gasteiger partial charge in [-0.05, 0) is 31.2 Å². The maximum Gasteiger partial charge on any atom is 0.0940 e. The molecule has 19 heavy (non-hydrogen) atoms. The van der Waals surface area contributed by atoms with Crippen molar-refractivity contribution in [2.45, 2.75) is 50.9 Å². The van der Waals surface area contributed by atoms with Crippen LogP contribution in [-0.2, 0) is 0 Å². The summed E-state index contributed by atoms with van der Waals surface area (Å²) in [6.45, 7) is 2.78. The Morgan fingerprint density at radius 1 is 1.21 bits per heavy atom. The Kier molecular flexibility index (Phi) is 5.37. The van der Waals surface area contributed by atoms with E-state index in [2.05, 4.69) is 5.32 Å². The minimum Gasteiger partial charge on any atom is -0.393 e. The van der Waals surface area contributed by atoms with Crippen LogP contribution < -0.4 is 5.32 Å². The van der Waals surface area contributed by atoms with E-state index in [9.17, 15) is 10.2 Å². The van der Waals surface area contributed by atoms with Crippen molar-refractivity contribution in [3.63, 3.8) is 0 Å². The topological polar surface area (TPSA) is 52.5 Å². The Morgan fingerprint density at radius 3 is 2.58 bits per heavy atom. The number of hydrogen-bond donors (Lipinski definition) is 3. The third-order valence-corrected chi connectivity index (χ3v) is 4.19. The monoisotopic (exact) mass is 263 g/mol. The van der Waals surface area contributed by atoms with Crippen molar-refractivity contribution >= 4 is 0 Å². The van der Waals surface area contributed by atoms with E-state index in [1.54, 1.807) is 0 Å². The smallest absolute Gasteiger partial charge is 0.0940 e. The molecule has 0 amide bonds. The Balaban J connectivity index is 1.82. The highest BCUT2D eigenvalue weighted by molar-refractivity contribution is 5.18. The zero-order chi connectivity index (χ0) is 13.7. The highest BCUT2D eigenvalue weighted by atomic mass is 16.3. The Morgan fingerprint density at radius 2 is 1.89 bits per heavy atom. The van der Waals surface area contributed by atoms with Crippen LogP contribution in [0.3, 0.4) is 0 Å². The lowest BCUT2D eigenvalue weighted by molar-refractivity contribution is 0.0618. The van der Waals surface area contributed by atoms with Crippen LogP contribution >= 0.6 is 0 Å². The van der Waals surface area contributed by atoms with Crippen LogP contribution in [0.2, 0.25) is 0 Å². The molecule has 1 aromatic rings. The zero-order valence-corrected chi connectivity index (χ0v) is 11.6. The molecule has 0 spiro atoms. The van der Waals surface area contributed by atoms with Gasteiger partial charge < -0.3 is 15.5 Å². The Bertz CT molecular complexity index is 368. The van der Waals surface area contributed by atoms with Crippen molar-refractivity contribution in [2.24, 2.45) is 5.92 Å². The molecular weight excluding hydrogens is 238 g/mol. The van der Waals surface area contributed by atoms with E-state index >= 15 is 0 Å². The summed E-state index contributed by atoms with van der Waals surface area (Å²) in [5.41, 5.74) is 0.937. The highest BCUT2D eigenvalue weighted by Gasteiger charge is 2.24. The number of aliphatic hydroxyl groups excluding tert-OH is 2. The molecule has 0 aromatic heterocycles. The molecule has 0 radical (unpaired) electrons. The van der Waals surface area contributed by atoms with Crippen molar-refractivity contribution in [3.8, 4) is 0 Å². The fourth-order valence-corrected chi connectivity index (χ4v) is 2.81. The van der Waals surface area contributed by atoms with E-state index < -0.39 is 6.10 Å². The third-order valence-electron chi connectivity index (χ3n) is 4.19. The van der Waals surface area contributed by atoms with Gasteiger partial charge in [-0.3, -0.25) is 0 Å². The predicted octanol–water partition coefficient (Wildman–Crippen LogP) is 2.25. The van der Waals surface area contributed by atoms with Gasteiger partial charge in [-0.15, -0.1) is 0 Å². The normalized spacial score (nSPS) is 26.9. The molecular formula is C16H25NO2. The van der Waals surface area contributed by atoms with Crippen LogP contribution in [0, 0.1) is 5.92 Å². The van der Waals surface area contributed by atoms with Gasteiger partial charge in [0.15, 0.2) is 0 Å². The molecule has 0 heterocycles. The second kappa shape index (κ2) is 7.04. The van der Waals surface area contributed by atoms with Crippen molar-refractivity contribution < 1.29 is 10.2 Å². The maximum atomic E-state index is 10.3. The van der Waals surface area contributed by atoms with Crippen molar-refractivity contribution in [2.75, 3.05) is 6.54 Å². The molecule has 106 valence electrons. The van der Waals surface area contributed by atoms with Crippen LogP contribution in [0.1, 0.15) is 44.3 Å². The van der Waals surface area contributed by atoms with Gasteiger partial charge in [0.25, 0.3) is 0 Å². The first kappa shape index (κ1) is 14.5. The van der Waals surface area contributed by atoms with Gasteiger partial charge in [0, 0.05) is 12.6 Å². The fourth-order valence-electron chi connectivity index (χ4n) is 2.81. The summed E-state index contributed by atoms with van der Waals surface area (Å²) >= 11 is 0. The second-order valence-corrected chi connectivity index (χ2v) is 5.66. The van der Waals surface area contributed by atoms with E-state index in [0.717, 1.165) is 31.4 Å². The number of nitrogens with one attached hydrogen (secondary N) is 1. The third kappa shape index (κ3) is 4.03. The number of benzene rings is 1. The van der Waals surface area contributed by atoms with E-state index in [0.29, 0.717) is 5.92 Å². The Hall–Kier alpha value is -0.900. The first-order valence-electron chi connectivity index (χ1n) is 7.33. The van der Waals surface area contributed by atoms with Gasteiger partial charge in [-0.25, -0.2) is 0 Å². The minimum absolute atomic E-state index is 0.00322. The van der Waals surface area contributed by atoms with Crippen LogP contribution in [0.4, 0.5) is 0 Å². The van der Waals surface area contributed by atoms with Crippen LogP contribution in [0.15, 0.2) is 30.3 Å². The average molecular weight is 263 g/mol. The van der Waals surface area contributed by atoms with Crippen molar-refractivity contribution in [1.82, 2.24) is 5.32 Å². The van der Waals surface area contributed by atoms with Gasteiger partial charge in [0.2, 0.25) is 0 Å². The lowest BCUT2D eigenvalue weighted by Gasteiger charge is -2.30. The fraction of sp³-hybridized carbons (Fsp3) is 0.625. The standard InChI is InChI=1S/C16H25NO2/c1-12(16(19)13-7-3-2-4-8-13)17-11-14-9-5-6-10-15(14)18/h2-4,7-8,12,14-19H,5-6,9-11H2,1H3. The van der Waals surface area contributed by atoms with Crippen LogP contribution in [0.5, 0.6) is 0 Å². The lowest BCUT2D eigenvalue weighted by Crippen LogP contribution is -2.40. The molecule has 4 atom stereocenters. The molecule has 3 nitrogen and oxygen atoms in total. The van der Waals surface area contributed by atoms with Gasteiger partial charge in [-0.2, -0.15) is 0 Å². The quantitative estimate of drug-likeness (QED) is 0.763. The summed E-state index contributed by atoms with van der Waals surface area (Å²) in [5, 5.41) is 23.6. The first-order valence-corrected chi connectivity index (χ1v) is 7.33. The zero-order valence-electron chi connectivity index (χ0n) is 11.6. The molecule has 0 bridgehead atoms. The van der Waals surface area contributed by atoms with Gasteiger partial charge in [-0.1, -0.05) is 43.2 Å². The largest absolute Gasteiger partial charge is 0.393 e. The predicted molar refractivity (Wildman–Crippen MR) is 76.8 cm³/mol. The molecule has 3 N–H and O–H groups in total. The minimum atomic E-state index is -0.498. The molecule has 3 heteroatoms. The summed E-state index contributed by atoms with van der Waals surface area (Å²) in [5.74, 6) is 0.333. The summed E-state index contributed by atoms with van der Waals surface area (Å²) in [6.07, 6.45) is 3.67. The van der Waals surface area contributed by atoms with Crippen LogP contribution in [-0.4, -0.2) is 28.9 Å². The molecule has 1 aliphatic rings. The first-order chi connectivity index (χ1) is 9.18. The summed E-state index contributed by atoms with van der Waals surface area (Å²) in [4.78, 5) is 0. The SMILES string of the molecule is CC(NCC1CCCCC1O)C(O)c1ccccc1. The average Bonchev–Trinajstić information content (AvgIpc) is 2.46. The Labute approximate surface area is 115 Å².